The van der Waals surface area contributed by atoms with E-state index < -0.39 is 0 Å². The predicted octanol–water partition coefficient (Wildman–Crippen LogP) is 5.39. The summed E-state index contributed by atoms with van der Waals surface area (Å²) in [5, 5.41) is 14.4. The maximum Gasteiger partial charge on any atom is 0.257 e. The van der Waals surface area contributed by atoms with E-state index in [4.69, 9.17) is 4.42 Å². The van der Waals surface area contributed by atoms with Crippen LogP contribution in [-0.2, 0) is 0 Å². The molecule has 4 heterocycles. The number of pyridine rings is 1. The Hall–Kier alpha value is -4.12. The fourth-order valence-corrected chi connectivity index (χ4v) is 5.68. The van der Waals surface area contributed by atoms with Gasteiger partial charge < -0.3 is 29.5 Å². The molecule has 0 aliphatic carbocycles. The minimum atomic E-state index is -0.209. The zero-order chi connectivity index (χ0) is 28.4. The van der Waals surface area contributed by atoms with Gasteiger partial charge in [-0.3, -0.25) is 4.79 Å². The van der Waals surface area contributed by atoms with Crippen molar-refractivity contribution in [2.24, 2.45) is 5.92 Å². The molecule has 210 valence electrons. The summed E-state index contributed by atoms with van der Waals surface area (Å²) in [6, 6.07) is 13.0. The van der Waals surface area contributed by atoms with E-state index in [2.05, 4.69) is 43.9 Å². The van der Waals surface area contributed by atoms with Crippen molar-refractivity contribution in [3.8, 4) is 5.75 Å². The van der Waals surface area contributed by atoms with Gasteiger partial charge in [0.25, 0.3) is 5.91 Å². The monoisotopic (exact) mass is 561 g/mol. The van der Waals surface area contributed by atoms with Crippen LogP contribution in [-0.4, -0.2) is 62.9 Å². The number of nitrogens with one attached hydrogen (secondary N) is 1. The lowest BCUT2D eigenvalue weighted by Gasteiger charge is -2.35. The van der Waals surface area contributed by atoms with Crippen molar-refractivity contribution in [1.29, 1.82) is 0 Å². The number of aromatic hydroxyl groups is 1. The van der Waals surface area contributed by atoms with Crippen LogP contribution in [0.3, 0.4) is 0 Å². The number of hydrogen-bond donors (Lipinski definition) is 2. The Bertz CT molecular complexity index is 1440. The first-order chi connectivity index (χ1) is 19.2. The molecule has 0 bridgehead atoms. The number of furan rings is 1. The van der Waals surface area contributed by atoms with E-state index in [-0.39, 0.29) is 29.2 Å². The number of piperazine rings is 1. The van der Waals surface area contributed by atoms with E-state index in [9.17, 15) is 9.90 Å². The Morgan fingerprint density at radius 2 is 1.88 bits per heavy atom. The van der Waals surface area contributed by atoms with Gasteiger partial charge in [-0.25, -0.2) is 4.98 Å². The Kier molecular flexibility index (Phi) is 7.92. The summed E-state index contributed by atoms with van der Waals surface area (Å²) in [6.45, 7) is 10.7. The third kappa shape index (κ3) is 5.46. The molecule has 1 aromatic carbocycles. The average molecular weight is 562 g/mol. The van der Waals surface area contributed by atoms with Crippen LogP contribution in [0.15, 0.2) is 53.1 Å². The molecule has 0 saturated carbocycles. The smallest absolute Gasteiger partial charge is 0.257 e. The third-order valence-electron chi connectivity index (χ3n) is 7.39. The highest BCUT2D eigenvalue weighted by molar-refractivity contribution is 6.99. The fraction of sp³-hybridized carbons (Fsp3) is 0.379. The maximum atomic E-state index is 13.4. The Morgan fingerprint density at radius 3 is 2.52 bits per heavy atom. The van der Waals surface area contributed by atoms with Crippen LogP contribution in [0.1, 0.15) is 47.3 Å². The minimum absolute atomic E-state index is 0.0666. The summed E-state index contributed by atoms with van der Waals surface area (Å²) in [4.78, 5) is 23.8. The number of anilines is 4. The number of phenolic OH excluding ortho intramolecular Hbond substituents is 1. The van der Waals surface area contributed by atoms with Crippen LogP contribution in [0.2, 0.25) is 0 Å². The maximum absolute atomic E-state index is 13.4. The van der Waals surface area contributed by atoms with Crippen LogP contribution < -0.4 is 15.1 Å². The number of hydrogen-bond acceptors (Lipinski definition) is 10. The van der Waals surface area contributed by atoms with Gasteiger partial charge in [-0.1, -0.05) is 26.0 Å². The van der Waals surface area contributed by atoms with E-state index in [1.807, 2.05) is 44.0 Å². The molecule has 5 rings (SSSR count). The molecule has 11 heteroatoms. The molecule has 1 fully saturated rings. The van der Waals surface area contributed by atoms with E-state index in [0.717, 1.165) is 34.6 Å². The van der Waals surface area contributed by atoms with Gasteiger partial charge in [0, 0.05) is 39.4 Å². The van der Waals surface area contributed by atoms with E-state index in [0.29, 0.717) is 43.5 Å². The van der Waals surface area contributed by atoms with Crippen molar-refractivity contribution in [3.63, 3.8) is 0 Å². The summed E-state index contributed by atoms with van der Waals surface area (Å²) in [6.07, 6.45) is 1.77. The van der Waals surface area contributed by atoms with Gasteiger partial charge in [-0.05, 0) is 55.7 Å². The molecular weight excluding hydrogens is 526 g/mol. The van der Waals surface area contributed by atoms with Gasteiger partial charge in [0.05, 0.1) is 29.0 Å². The zero-order valence-corrected chi connectivity index (χ0v) is 24.3. The number of aromatic nitrogens is 3. The molecule has 4 aromatic rings. The largest absolute Gasteiger partial charge is 0.505 e. The first-order valence-electron chi connectivity index (χ1n) is 13.4. The highest BCUT2D eigenvalue weighted by Gasteiger charge is 2.30. The lowest BCUT2D eigenvalue weighted by molar-refractivity contribution is 0.0743. The molecule has 40 heavy (non-hydrogen) atoms. The normalized spacial score (nSPS) is 14.4. The second-order valence-corrected chi connectivity index (χ2v) is 10.9. The van der Waals surface area contributed by atoms with Crippen LogP contribution in [0.5, 0.6) is 5.75 Å². The number of rotatable bonds is 8. The first kappa shape index (κ1) is 27.4. The molecule has 2 N–H and O–H groups in total. The lowest BCUT2D eigenvalue weighted by Crippen LogP contribution is -2.49. The fourth-order valence-electron chi connectivity index (χ4n) is 5.13. The summed E-state index contributed by atoms with van der Waals surface area (Å²) in [5.41, 5.74) is 1.75. The molecule has 0 unspecified atom stereocenters. The Labute approximate surface area is 238 Å². The molecular formula is C29H35N7O3S. The van der Waals surface area contributed by atoms with E-state index >= 15 is 0 Å². The topological polar surface area (TPSA) is 111 Å². The Balaban J connectivity index is 1.32. The number of aryl methyl sites for hydroxylation is 2. The highest BCUT2D eigenvalue weighted by atomic mass is 32.1. The van der Waals surface area contributed by atoms with Crippen LogP contribution in [0.4, 0.5) is 23.1 Å². The molecule has 0 radical (unpaired) electrons. The number of benzene rings is 1. The summed E-state index contributed by atoms with van der Waals surface area (Å²) in [7, 11) is 1.96. The minimum Gasteiger partial charge on any atom is -0.505 e. The summed E-state index contributed by atoms with van der Waals surface area (Å²) < 4.78 is 15.1. The number of phenols is 1. The van der Waals surface area contributed by atoms with Crippen LogP contribution in [0.25, 0.3) is 0 Å². The number of carbonyl (C=O) groups is 1. The molecule has 1 aliphatic rings. The second-order valence-electron chi connectivity index (χ2n) is 10.4. The summed E-state index contributed by atoms with van der Waals surface area (Å²) in [5.74, 6) is 3.71. The van der Waals surface area contributed by atoms with Gasteiger partial charge in [-0.15, -0.1) is 0 Å². The molecule has 1 saturated heterocycles. The van der Waals surface area contributed by atoms with E-state index in [1.165, 1.54) is 0 Å². The SMILES string of the molecule is Cc1cc([C@@H](C(C)C)N(C)c2nsnc2Nc2cccc(C(=O)N3CCN(c4ccccn4)CC3)c2O)oc1C. The van der Waals surface area contributed by atoms with Gasteiger partial charge in [0.1, 0.15) is 17.3 Å². The predicted molar refractivity (Wildman–Crippen MR) is 158 cm³/mol. The van der Waals surface area contributed by atoms with Crippen molar-refractivity contribution in [3.05, 3.63) is 71.3 Å². The average Bonchev–Trinajstić information content (AvgIpc) is 3.55. The summed E-state index contributed by atoms with van der Waals surface area (Å²) >= 11 is 1.08. The second kappa shape index (κ2) is 11.5. The molecule has 10 nitrogen and oxygen atoms in total. The van der Waals surface area contributed by atoms with Gasteiger partial charge in [-0.2, -0.15) is 8.75 Å². The van der Waals surface area contributed by atoms with E-state index in [1.54, 1.807) is 29.3 Å². The lowest BCUT2D eigenvalue weighted by atomic mass is 10.00. The van der Waals surface area contributed by atoms with Crippen molar-refractivity contribution in [2.45, 2.75) is 33.7 Å². The number of nitrogens with zero attached hydrogens (tertiary/aromatic N) is 6. The van der Waals surface area contributed by atoms with Gasteiger partial charge in [0.2, 0.25) is 0 Å². The quantitative estimate of drug-likeness (QED) is 0.274. The number of para-hydroxylation sites is 1. The molecule has 1 atom stereocenters. The highest BCUT2D eigenvalue weighted by Crippen LogP contribution is 2.38. The van der Waals surface area contributed by atoms with Crippen molar-refractivity contribution in [2.75, 3.05) is 48.3 Å². The van der Waals surface area contributed by atoms with Crippen molar-refractivity contribution in [1.82, 2.24) is 18.6 Å². The molecule has 0 spiro atoms. The zero-order valence-electron chi connectivity index (χ0n) is 23.5. The van der Waals surface area contributed by atoms with Crippen molar-refractivity contribution >= 4 is 40.8 Å². The van der Waals surface area contributed by atoms with Gasteiger partial charge >= 0.3 is 0 Å². The van der Waals surface area contributed by atoms with Crippen LogP contribution in [0, 0.1) is 19.8 Å². The number of amides is 1. The Morgan fingerprint density at radius 1 is 1.10 bits per heavy atom. The van der Waals surface area contributed by atoms with Crippen molar-refractivity contribution < 1.29 is 14.3 Å². The molecule has 1 amide bonds. The van der Waals surface area contributed by atoms with Gasteiger partial charge in [0.15, 0.2) is 17.4 Å². The first-order valence-corrected chi connectivity index (χ1v) is 14.1. The molecule has 3 aromatic heterocycles. The standard InChI is InChI=1S/C29H35N7O3S/c1-18(2)25(23-17-19(3)20(4)39-23)34(5)28-27(32-40-33-28)31-22-10-8-9-21(26(22)37)29(38)36-15-13-35(14-16-36)24-11-6-7-12-30-24/h6-12,17-18,25,37H,13-16H2,1-5H3,(H,31,32)/t25-/m1/s1. The van der Waals surface area contributed by atoms with Crippen LogP contribution >= 0.6 is 11.7 Å². The third-order valence-corrected chi connectivity index (χ3v) is 7.91. The number of carbonyl (C=O) groups excluding carboxylic acids is 1. The molecule has 1 aliphatic heterocycles.